The van der Waals surface area contributed by atoms with Gasteiger partial charge in [0.15, 0.2) is 0 Å². The second-order valence-corrected chi connectivity index (χ2v) is 5.16. The van der Waals surface area contributed by atoms with Crippen LogP contribution in [0.3, 0.4) is 0 Å². The molecule has 1 heterocycles. The number of esters is 1. The number of carbonyl (C=O) groups excluding carboxylic acids is 2. The van der Waals surface area contributed by atoms with Gasteiger partial charge in [0.25, 0.3) is 5.69 Å². The lowest BCUT2D eigenvalue weighted by atomic mass is 9.93. The number of nitro groups is 1. The molecule has 0 radical (unpaired) electrons. The predicted octanol–water partition coefficient (Wildman–Crippen LogP) is 2.52. The smallest absolute Gasteiger partial charge is 0.338 e. The minimum Gasteiger partial charge on any atom is -0.463 e. The van der Waals surface area contributed by atoms with Crippen LogP contribution in [0.25, 0.3) is 0 Å². The summed E-state index contributed by atoms with van der Waals surface area (Å²) in [5.41, 5.74) is 0.715. The zero-order chi connectivity index (χ0) is 17.9. The second-order valence-electron chi connectivity index (χ2n) is 5.16. The minimum absolute atomic E-state index is 0.164. The molecular weight excluding hydrogens is 314 g/mol. The lowest BCUT2D eigenvalue weighted by molar-refractivity contribution is -0.385. The fourth-order valence-corrected chi connectivity index (χ4v) is 2.77. The SMILES string of the molecule is CCOC(=O)C1=C(C)N(CC)C(=O)N[C@@H]1c1ccccc1[N+](=O)[O-]. The zero-order valence-electron chi connectivity index (χ0n) is 13.7. The molecule has 8 nitrogen and oxygen atoms in total. The van der Waals surface area contributed by atoms with Crippen LogP contribution in [0.15, 0.2) is 35.5 Å². The molecule has 0 aliphatic carbocycles. The van der Waals surface area contributed by atoms with Crippen LogP contribution in [0.1, 0.15) is 32.4 Å². The molecule has 2 amide bonds. The number of para-hydroxylation sites is 1. The number of nitrogens with zero attached hydrogens (tertiary/aromatic N) is 2. The van der Waals surface area contributed by atoms with E-state index in [1.165, 1.54) is 23.1 Å². The van der Waals surface area contributed by atoms with E-state index in [-0.39, 0.29) is 23.4 Å². The van der Waals surface area contributed by atoms with Crippen molar-refractivity contribution in [2.24, 2.45) is 0 Å². The maximum absolute atomic E-state index is 12.4. The molecular formula is C16H19N3O5. The molecule has 0 saturated carbocycles. The summed E-state index contributed by atoms with van der Waals surface area (Å²) >= 11 is 0. The Kier molecular flexibility index (Phi) is 5.18. The molecule has 1 N–H and O–H groups in total. The van der Waals surface area contributed by atoms with Crippen molar-refractivity contribution in [2.45, 2.75) is 26.8 Å². The monoisotopic (exact) mass is 333 g/mol. The summed E-state index contributed by atoms with van der Waals surface area (Å²) in [5, 5.41) is 14.0. The predicted molar refractivity (Wildman–Crippen MR) is 86.1 cm³/mol. The third-order valence-electron chi connectivity index (χ3n) is 3.85. The number of hydrogen-bond acceptors (Lipinski definition) is 5. The quantitative estimate of drug-likeness (QED) is 0.507. The molecule has 0 bridgehead atoms. The van der Waals surface area contributed by atoms with E-state index >= 15 is 0 Å². The summed E-state index contributed by atoms with van der Waals surface area (Å²) in [6, 6.07) is 4.68. The fraction of sp³-hybridized carbons (Fsp3) is 0.375. The molecule has 1 aliphatic rings. The van der Waals surface area contributed by atoms with Crippen LogP contribution in [0, 0.1) is 10.1 Å². The van der Waals surface area contributed by atoms with E-state index in [2.05, 4.69) is 5.32 Å². The largest absolute Gasteiger partial charge is 0.463 e. The first-order chi connectivity index (χ1) is 11.4. The highest BCUT2D eigenvalue weighted by Gasteiger charge is 2.38. The van der Waals surface area contributed by atoms with Crippen LogP contribution in [0.5, 0.6) is 0 Å². The summed E-state index contributed by atoms with van der Waals surface area (Å²) in [4.78, 5) is 36.9. The Labute approximate surface area is 139 Å². The number of benzene rings is 1. The fourth-order valence-electron chi connectivity index (χ4n) is 2.77. The third-order valence-corrected chi connectivity index (χ3v) is 3.85. The first-order valence-corrected chi connectivity index (χ1v) is 7.61. The lowest BCUT2D eigenvalue weighted by Crippen LogP contribution is -2.48. The Morgan fingerprint density at radius 2 is 2.04 bits per heavy atom. The van der Waals surface area contributed by atoms with E-state index in [0.29, 0.717) is 12.2 Å². The molecule has 0 spiro atoms. The Hall–Kier alpha value is -2.90. The van der Waals surface area contributed by atoms with Gasteiger partial charge >= 0.3 is 12.0 Å². The van der Waals surface area contributed by atoms with E-state index < -0.39 is 23.0 Å². The second kappa shape index (κ2) is 7.12. The highest BCUT2D eigenvalue weighted by Crippen LogP contribution is 2.35. The molecule has 24 heavy (non-hydrogen) atoms. The Balaban J connectivity index is 2.63. The molecule has 0 fully saturated rings. The van der Waals surface area contributed by atoms with Gasteiger partial charge in [-0.2, -0.15) is 0 Å². The first kappa shape index (κ1) is 17.5. The maximum atomic E-state index is 12.4. The average molecular weight is 333 g/mol. The first-order valence-electron chi connectivity index (χ1n) is 7.61. The molecule has 1 aromatic carbocycles. The van der Waals surface area contributed by atoms with E-state index in [0.717, 1.165) is 0 Å². The number of carbonyl (C=O) groups is 2. The number of urea groups is 1. The van der Waals surface area contributed by atoms with Gasteiger partial charge in [-0.05, 0) is 26.8 Å². The highest BCUT2D eigenvalue weighted by atomic mass is 16.6. The molecule has 0 saturated heterocycles. The number of nitro benzene ring substituents is 1. The average Bonchev–Trinajstić information content (AvgIpc) is 2.54. The standard InChI is InChI=1S/C16H19N3O5/c1-4-18-10(3)13(15(20)24-5-2)14(17-16(18)21)11-8-6-7-9-12(11)19(22)23/h6-9,14H,4-5H2,1-3H3,(H,17,21)/t14-/m1/s1. The van der Waals surface area contributed by atoms with Crippen molar-refractivity contribution in [1.29, 1.82) is 0 Å². The number of ether oxygens (including phenoxy) is 1. The van der Waals surface area contributed by atoms with Gasteiger partial charge in [0.1, 0.15) is 0 Å². The van der Waals surface area contributed by atoms with Crippen molar-refractivity contribution >= 4 is 17.7 Å². The van der Waals surface area contributed by atoms with Gasteiger partial charge < -0.3 is 10.1 Å². The molecule has 1 aromatic rings. The van der Waals surface area contributed by atoms with Gasteiger partial charge in [0.05, 0.1) is 28.7 Å². The number of hydrogen-bond donors (Lipinski definition) is 1. The van der Waals surface area contributed by atoms with E-state index in [4.69, 9.17) is 4.74 Å². The maximum Gasteiger partial charge on any atom is 0.338 e. The van der Waals surface area contributed by atoms with Crippen molar-refractivity contribution in [3.8, 4) is 0 Å². The summed E-state index contributed by atoms with van der Waals surface area (Å²) in [6.07, 6.45) is 0. The Morgan fingerprint density at radius 3 is 2.62 bits per heavy atom. The van der Waals surface area contributed by atoms with Crippen LogP contribution in [0.2, 0.25) is 0 Å². The van der Waals surface area contributed by atoms with Crippen LogP contribution < -0.4 is 5.32 Å². The normalized spacial score (nSPS) is 17.5. The topological polar surface area (TPSA) is 102 Å². The molecule has 2 rings (SSSR count). The molecule has 128 valence electrons. The number of allylic oxidation sites excluding steroid dienone is 1. The van der Waals surface area contributed by atoms with E-state index in [1.54, 1.807) is 26.8 Å². The number of amides is 2. The van der Waals surface area contributed by atoms with Gasteiger partial charge in [-0.15, -0.1) is 0 Å². The van der Waals surface area contributed by atoms with Gasteiger partial charge in [0, 0.05) is 18.3 Å². The molecule has 1 aliphatic heterocycles. The van der Waals surface area contributed by atoms with Crippen molar-refractivity contribution in [1.82, 2.24) is 10.2 Å². The van der Waals surface area contributed by atoms with Gasteiger partial charge in [0.2, 0.25) is 0 Å². The summed E-state index contributed by atoms with van der Waals surface area (Å²) < 4.78 is 5.09. The summed E-state index contributed by atoms with van der Waals surface area (Å²) in [5.74, 6) is -0.600. The molecule has 8 heteroatoms. The summed E-state index contributed by atoms with van der Waals surface area (Å²) in [7, 11) is 0. The molecule has 0 unspecified atom stereocenters. The van der Waals surface area contributed by atoms with Crippen LogP contribution >= 0.6 is 0 Å². The highest BCUT2D eigenvalue weighted by molar-refractivity contribution is 5.95. The van der Waals surface area contributed by atoms with E-state index in [1.807, 2.05) is 0 Å². The molecule has 0 aromatic heterocycles. The number of rotatable bonds is 5. The van der Waals surface area contributed by atoms with Crippen molar-refractivity contribution in [3.05, 3.63) is 51.2 Å². The lowest BCUT2D eigenvalue weighted by Gasteiger charge is -2.34. The Morgan fingerprint density at radius 1 is 1.38 bits per heavy atom. The van der Waals surface area contributed by atoms with Crippen LogP contribution in [-0.2, 0) is 9.53 Å². The summed E-state index contributed by atoms with van der Waals surface area (Å²) in [6.45, 7) is 5.61. The van der Waals surface area contributed by atoms with Crippen LogP contribution in [0.4, 0.5) is 10.5 Å². The van der Waals surface area contributed by atoms with Crippen LogP contribution in [-0.4, -0.2) is 35.0 Å². The third kappa shape index (κ3) is 3.08. The van der Waals surface area contributed by atoms with Crippen molar-refractivity contribution < 1.29 is 19.2 Å². The zero-order valence-corrected chi connectivity index (χ0v) is 13.7. The van der Waals surface area contributed by atoms with Gasteiger partial charge in [-0.1, -0.05) is 12.1 Å². The van der Waals surface area contributed by atoms with Crippen molar-refractivity contribution in [2.75, 3.05) is 13.2 Å². The van der Waals surface area contributed by atoms with Crippen molar-refractivity contribution in [3.63, 3.8) is 0 Å². The minimum atomic E-state index is -0.930. The van der Waals surface area contributed by atoms with E-state index in [9.17, 15) is 19.7 Å². The Bertz CT molecular complexity index is 713. The number of nitrogens with one attached hydrogen (secondary N) is 1. The van der Waals surface area contributed by atoms with Gasteiger partial charge in [-0.3, -0.25) is 15.0 Å². The van der Waals surface area contributed by atoms with Gasteiger partial charge in [-0.25, -0.2) is 9.59 Å². The molecule has 1 atom stereocenters.